The Kier molecular flexibility index (Phi) is 6.19. The minimum Gasteiger partial charge on any atom is -0.312 e. The molecular weight excluding hydrogens is 359 g/mol. The van der Waals surface area contributed by atoms with Gasteiger partial charge in [-0.05, 0) is 17.4 Å². The molecule has 1 aromatic rings. The van der Waals surface area contributed by atoms with E-state index in [1.165, 1.54) is 24.3 Å². The van der Waals surface area contributed by atoms with Crippen LogP contribution in [-0.4, -0.2) is 47.7 Å². The van der Waals surface area contributed by atoms with Crippen LogP contribution in [0.2, 0.25) is 0 Å². The molecule has 0 aromatic heterocycles. The molecule has 0 aliphatic carbocycles. The topological polar surface area (TPSA) is 52.6 Å². The van der Waals surface area contributed by atoms with Gasteiger partial charge in [0.2, 0.25) is 5.54 Å². The van der Waals surface area contributed by atoms with Crippen molar-refractivity contribution in [3.8, 4) is 0 Å². The number of hydrogen-bond acceptors (Lipinski definition) is 3. The summed E-state index contributed by atoms with van der Waals surface area (Å²) in [6, 6.07) is 5.76. The van der Waals surface area contributed by atoms with Crippen molar-refractivity contribution in [2.75, 3.05) is 19.8 Å². The highest BCUT2D eigenvalue weighted by molar-refractivity contribution is 6.08. The van der Waals surface area contributed by atoms with E-state index < -0.39 is 23.7 Å². The maximum absolute atomic E-state index is 14.0. The van der Waals surface area contributed by atoms with E-state index in [4.69, 9.17) is 0 Å². The molecule has 1 aromatic carbocycles. The standard InChI is InChI=1S/C19H26F3N3O2/c1-13(2)10-24(11-14(3)4)12-25-16(26)18(19(20,21)22,23-17(25)27)15-8-6-5-7-9-15/h5-9,13-14H,10-12H2,1-4H3,(H,23,27). The number of carbonyl (C=O) groups is 2. The first kappa shape index (κ1) is 21.2. The van der Waals surface area contributed by atoms with Crippen LogP contribution in [0, 0.1) is 11.8 Å². The third kappa shape index (κ3) is 4.26. The van der Waals surface area contributed by atoms with Crippen molar-refractivity contribution in [1.29, 1.82) is 0 Å². The number of nitrogens with zero attached hydrogens (tertiary/aromatic N) is 2. The Morgan fingerprint density at radius 3 is 2.00 bits per heavy atom. The van der Waals surface area contributed by atoms with E-state index in [-0.39, 0.29) is 24.1 Å². The van der Waals surface area contributed by atoms with Gasteiger partial charge >= 0.3 is 12.2 Å². The van der Waals surface area contributed by atoms with Gasteiger partial charge in [0.05, 0.1) is 6.67 Å². The van der Waals surface area contributed by atoms with Crippen molar-refractivity contribution in [3.05, 3.63) is 35.9 Å². The predicted octanol–water partition coefficient (Wildman–Crippen LogP) is 3.57. The van der Waals surface area contributed by atoms with Gasteiger partial charge in [-0.2, -0.15) is 13.2 Å². The zero-order valence-electron chi connectivity index (χ0n) is 16.0. The molecule has 1 atom stereocenters. The maximum Gasteiger partial charge on any atom is 0.425 e. The molecule has 0 bridgehead atoms. The molecule has 1 fully saturated rings. The van der Waals surface area contributed by atoms with Gasteiger partial charge in [-0.1, -0.05) is 58.0 Å². The SMILES string of the molecule is CC(C)CN(CC(C)C)CN1C(=O)NC(c2ccccc2)(C(F)(F)F)C1=O. The van der Waals surface area contributed by atoms with Crippen LogP contribution in [0.25, 0.3) is 0 Å². The van der Waals surface area contributed by atoms with Gasteiger partial charge in [-0.15, -0.1) is 0 Å². The third-order valence-corrected chi connectivity index (χ3v) is 4.33. The zero-order valence-corrected chi connectivity index (χ0v) is 16.0. The molecule has 1 heterocycles. The van der Waals surface area contributed by atoms with Crippen LogP contribution in [-0.2, 0) is 10.3 Å². The normalized spacial score (nSPS) is 20.9. The summed E-state index contributed by atoms with van der Waals surface area (Å²) < 4.78 is 41.9. The first-order valence-electron chi connectivity index (χ1n) is 8.97. The lowest BCUT2D eigenvalue weighted by atomic mass is 9.89. The van der Waals surface area contributed by atoms with E-state index in [9.17, 15) is 22.8 Å². The molecule has 8 heteroatoms. The fraction of sp³-hybridized carbons (Fsp3) is 0.579. The summed E-state index contributed by atoms with van der Waals surface area (Å²) in [6.45, 7) is 8.86. The number of hydrogen-bond donors (Lipinski definition) is 1. The number of alkyl halides is 3. The Labute approximate surface area is 157 Å². The largest absolute Gasteiger partial charge is 0.425 e. The molecule has 0 saturated carbocycles. The second kappa shape index (κ2) is 7.88. The highest BCUT2D eigenvalue weighted by Gasteiger charge is 2.68. The van der Waals surface area contributed by atoms with E-state index in [1.807, 2.05) is 37.9 Å². The van der Waals surface area contributed by atoms with E-state index in [0.717, 1.165) is 0 Å². The number of urea groups is 1. The van der Waals surface area contributed by atoms with Crippen LogP contribution >= 0.6 is 0 Å². The number of carbonyl (C=O) groups excluding carboxylic acids is 2. The van der Waals surface area contributed by atoms with Crippen molar-refractivity contribution in [1.82, 2.24) is 15.1 Å². The lowest BCUT2D eigenvalue weighted by Crippen LogP contribution is -2.56. The molecule has 1 saturated heterocycles. The van der Waals surface area contributed by atoms with Crippen LogP contribution < -0.4 is 5.32 Å². The molecule has 1 aliphatic rings. The van der Waals surface area contributed by atoms with Crippen molar-refractivity contribution in [3.63, 3.8) is 0 Å². The van der Waals surface area contributed by atoms with Gasteiger partial charge in [0.1, 0.15) is 0 Å². The molecule has 2 rings (SSSR count). The molecule has 1 N–H and O–H groups in total. The van der Waals surface area contributed by atoms with Crippen molar-refractivity contribution in [2.24, 2.45) is 11.8 Å². The minimum atomic E-state index is -4.96. The molecule has 0 radical (unpaired) electrons. The lowest BCUT2D eigenvalue weighted by molar-refractivity contribution is -0.198. The van der Waals surface area contributed by atoms with Gasteiger partial charge in [0.25, 0.3) is 5.91 Å². The molecule has 1 aliphatic heterocycles. The average Bonchev–Trinajstić information content (AvgIpc) is 2.79. The van der Waals surface area contributed by atoms with Gasteiger partial charge < -0.3 is 5.32 Å². The summed E-state index contributed by atoms with van der Waals surface area (Å²) in [4.78, 5) is 27.8. The van der Waals surface area contributed by atoms with E-state index in [0.29, 0.717) is 18.0 Å². The number of benzene rings is 1. The van der Waals surface area contributed by atoms with Gasteiger partial charge in [-0.25, -0.2) is 9.69 Å². The molecule has 27 heavy (non-hydrogen) atoms. The Morgan fingerprint density at radius 1 is 1.04 bits per heavy atom. The van der Waals surface area contributed by atoms with Gasteiger partial charge in [0, 0.05) is 13.1 Å². The summed E-state index contributed by atoms with van der Waals surface area (Å²) in [5.41, 5.74) is -3.34. The third-order valence-electron chi connectivity index (χ3n) is 4.33. The number of rotatable bonds is 7. The Morgan fingerprint density at radius 2 is 1.56 bits per heavy atom. The first-order chi connectivity index (χ1) is 12.5. The van der Waals surface area contributed by atoms with Crippen molar-refractivity contribution >= 4 is 11.9 Å². The Balaban J connectivity index is 2.38. The van der Waals surface area contributed by atoms with Crippen molar-refractivity contribution in [2.45, 2.75) is 39.4 Å². The average molecular weight is 385 g/mol. The van der Waals surface area contributed by atoms with Crippen LogP contribution in [0.5, 0.6) is 0 Å². The highest BCUT2D eigenvalue weighted by atomic mass is 19.4. The second-order valence-electron chi connectivity index (χ2n) is 7.74. The van der Waals surface area contributed by atoms with E-state index in [1.54, 1.807) is 6.07 Å². The number of halogens is 3. The van der Waals surface area contributed by atoms with Crippen LogP contribution in [0.4, 0.5) is 18.0 Å². The fourth-order valence-corrected chi connectivity index (χ4v) is 3.37. The second-order valence-corrected chi connectivity index (χ2v) is 7.74. The minimum absolute atomic E-state index is 0.175. The molecule has 1 unspecified atom stereocenters. The summed E-state index contributed by atoms with van der Waals surface area (Å²) in [5.74, 6) is -0.805. The van der Waals surface area contributed by atoms with E-state index in [2.05, 4.69) is 0 Å². The zero-order chi connectivity index (χ0) is 20.4. The molecule has 5 nitrogen and oxygen atoms in total. The Hall–Kier alpha value is -2.09. The highest BCUT2D eigenvalue weighted by Crippen LogP contribution is 2.43. The molecule has 3 amide bonds. The molecular formula is C19H26F3N3O2. The summed E-state index contributed by atoms with van der Waals surface area (Å²) in [7, 11) is 0. The molecule has 150 valence electrons. The summed E-state index contributed by atoms with van der Waals surface area (Å²) in [5, 5.41) is 1.92. The quantitative estimate of drug-likeness (QED) is 0.730. The Bertz CT molecular complexity index is 667. The summed E-state index contributed by atoms with van der Waals surface area (Å²) in [6.07, 6.45) is -4.96. The van der Waals surface area contributed by atoms with Gasteiger partial charge in [0.15, 0.2) is 0 Å². The smallest absolute Gasteiger partial charge is 0.312 e. The van der Waals surface area contributed by atoms with Crippen LogP contribution in [0.15, 0.2) is 30.3 Å². The number of nitrogens with one attached hydrogen (secondary N) is 1. The fourth-order valence-electron chi connectivity index (χ4n) is 3.37. The monoisotopic (exact) mass is 385 g/mol. The van der Waals surface area contributed by atoms with E-state index >= 15 is 0 Å². The van der Waals surface area contributed by atoms with Gasteiger partial charge in [-0.3, -0.25) is 9.69 Å². The number of imide groups is 1. The molecule has 0 spiro atoms. The number of amides is 3. The van der Waals surface area contributed by atoms with Crippen LogP contribution in [0.3, 0.4) is 0 Å². The first-order valence-corrected chi connectivity index (χ1v) is 8.97. The van der Waals surface area contributed by atoms with Crippen molar-refractivity contribution < 1.29 is 22.8 Å². The lowest BCUT2D eigenvalue weighted by Gasteiger charge is -2.31. The predicted molar refractivity (Wildman–Crippen MR) is 95.7 cm³/mol. The maximum atomic E-state index is 14.0. The summed E-state index contributed by atoms with van der Waals surface area (Å²) >= 11 is 0. The van der Waals surface area contributed by atoms with Crippen LogP contribution in [0.1, 0.15) is 33.3 Å².